The largest absolute Gasteiger partial charge is 0.325 e. The van der Waals surface area contributed by atoms with Gasteiger partial charge in [0.2, 0.25) is 0 Å². The van der Waals surface area contributed by atoms with E-state index in [1.807, 2.05) is 31.2 Å². The van der Waals surface area contributed by atoms with E-state index in [0.29, 0.717) is 16.7 Å². The molecule has 0 unspecified atom stereocenters. The van der Waals surface area contributed by atoms with Gasteiger partial charge < -0.3 is 4.98 Å². The molecule has 2 fully saturated rings. The number of hydrogen-bond acceptors (Lipinski definition) is 3. The Morgan fingerprint density at radius 3 is 2.27 bits per heavy atom. The molecule has 0 bridgehead atoms. The summed E-state index contributed by atoms with van der Waals surface area (Å²) in [4.78, 5) is 15.7. The lowest BCUT2D eigenvalue weighted by atomic mass is 9.84. The highest BCUT2D eigenvalue weighted by atomic mass is 32.2. The monoisotopic (exact) mass is 371 g/mol. The summed E-state index contributed by atoms with van der Waals surface area (Å²) in [5, 5.41) is 0. The summed E-state index contributed by atoms with van der Waals surface area (Å²) in [5.41, 5.74) is 2.58. The zero-order chi connectivity index (χ0) is 18.5. The molecule has 0 radical (unpaired) electrons. The number of benzene rings is 1. The second-order valence-electron chi connectivity index (χ2n) is 8.01. The van der Waals surface area contributed by atoms with E-state index in [0.717, 1.165) is 23.2 Å². The first-order valence-electron chi connectivity index (χ1n) is 9.33. The van der Waals surface area contributed by atoms with Crippen LogP contribution in [0.25, 0.3) is 0 Å². The van der Waals surface area contributed by atoms with Crippen molar-refractivity contribution in [1.82, 2.24) is 4.98 Å². The van der Waals surface area contributed by atoms with Crippen LogP contribution in [0.2, 0.25) is 0 Å². The molecule has 2 aliphatic rings. The fourth-order valence-electron chi connectivity index (χ4n) is 4.82. The SMILES string of the molecule is Cc1ccc([C@@]2(c3ccc(S(C)(=O)=O)cc3)C[C@H]2C2CCCC2)[nH]c1=O. The molecule has 4 rings (SSSR count). The van der Waals surface area contributed by atoms with Gasteiger partial charge in [-0.25, -0.2) is 8.42 Å². The Balaban J connectivity index is 1.79. The number of hydrogen-bond donors (Lipinski definition) is 1. The van der Waals surface area contributed by atoms with Crippen molar-refractivity contribution in [1.29, 1.82) is 0 Å². The van der Waals surface area contributed by atoms with Gasteiger partial charge in [0.1, 0.15) is 0 Å². The molecule has 1 aromatic carbocycles. The molecule has 0 amide bonds. The summed E-state index contributed by atoms with van der Waals surface area (Å²) >= 11 is 0. The van der Waals surface area contributed by atoms with E-state index < -0.39 is 9.84 Å². The molecular formula is C21H25NO3S. The highest BCUT2D eigenvalue weighted by molar-refractivity contribution is 7.90. The zero-order valence-corrected chi connectivity index (χ0v) is 16.1. The molecule has 1 N–H and O–H groups in total. The topological polar surface area (TPSA) is 67.0 Å². The molecule has 5 heteroatoms. The predicted octanol–water partition coefficient (Wildman–Crippen LogP) is 3.58. The molecule has 2 atom stereocenters. The quantitative estimate of drug-likeness (QED) is 0.893. The molecule has 1 heterocycles. The van der Waals surface area contributed by atoms with Crippen LogP contribution in [0.4, 0.5) is 0 Å². The first-order chi connectivity index (χ1) is 12.3. The van der Waals surface area contributed by atoms with Gasteiger partial charge in [0.05, 0.1) is 4.90 Å². The van der Waals surface area contributed by atoms with E-state index in [2.05, 4.69) is 4.98 Å². The van der Waals surface area contributed by atoms with Crippen LogP contribution >= 0.6 is 0 Å². The van der Waals surface area contributed by atoms with Crippen molar-refractivity contribution >= 4 is 9.84 Å². The number of aromatic amines is 1. The molecule has 2 saturated carbocycles. The van der Waals surface area contributed by atoms with Gasteiger partial charge in [0.25, 0.3) is 5.56 Å². The minimum absolute atomic E-state index is 0.0355. The molecule has 0 aliphatic heterocycles. The van der Waals surface area contributed by atoms with E-state index in [4.69, 9.17) is 0 Å². The molecule has 4 nitrogen and oxygen atoms in total. The standard InChI is InChI=1S/C21H25NO3S/c1-14-7-12-19(22-20(14)23)21(13-18(21)15-5-3-4-6-15)16-8-10-17(11-9-16)26(2,24)25/h7-12,15,18H,3-6,13H2,1-2H3,(H,22,23)/t18-,21+/m0/s1. The van der Waals surface area contributed by atoms with E-state index >= 15 is 0 Å². The van der Waals surface area contributed by atoms with Crippen LogP contribution in [0, 0.1) is 18.8 Å². The van der Waals surface area contributed by atoms with Crippen molar-refractivity contribution < 1.29 is 8.42 Å². The number of sulfone groups is 1. The maximum atomic E-state index is 12.2. The van der Waals surface area contributed by atoms with Crippen molar-refractivity contribution in [2.24, 2.45) is 11.8 Å². The summed E-state index contributed by atoms with van der Waals surface area (Å²) in [5.74, 6) is 1.21. The number of nitrogens with one attached hydrogen (secondary N) is 1. The number of aryl methyl sites for hydroxylation is 1. The van der Waals surface area contributed by atoms with Gasteiger partial charge in [-0.3, -0.25) is 4.79 Å². The summed E-state index contributed by atoms with van der Waals surface area (Å²) in [6, 6.07) is 11.2. The van der Waals surface area contributed by atoms with Crippen LogP contribution in [-0.2, 0) is 15.3 Å². The Hall–Kier alpha value is -1.88. The molecule has 0 spiro atoms. The smallest absolute Gasteiger partial charge is 0.251 e. The van der Waals surface area contributed by atoms with Crippen LogP contribution < -0.4 is 5.56 Å². The van der Waals surface area contributed by atoms with E-state index in [1.165, 1.54) is 31.9 Å². The van der Waals surface area contributed by atoms with Gasteiger partial charge in [-0.15, -0.1) is 0 Å². The maximum absolute atomic E-state index is 12.2. The Labute approximate surface area is 154 Å². The lowest BCUT2D eigenvalue weighted by molar-refractivity contribution is 0.441. The molecule has 2 aliphatic carbocycles. The van der Waals surface area contributed by atoms with E-state index in [1.54, 1.807) is 12.1 Å². The third-order valence-corrected chi connectivity index (χ3v) is 7.50. The van der Waals surface area contributed by atoms with Crippen molar-refractivity contribution in [2.75, 3.05) is 6.26 Å². The second kappa shape index (κ2) is 6.08. The number of pyridine rings is 1. The molecule has 138 valence electrons. The van der Waals surface area contributed by atoms with Crippen molar-refractivity contribution in [2.45, 2.75) is 49.3 Å². The summed E-state index contributed by atoms with van der Waals surface area (Å²) < 4.78 is 23.6. The van der Waals surface area contributed by atoms with Gasteiger partial charge in [0, 0.05) is 22.9 Å². The summed E-state index contributed by atoms with van der Waals surface area (Å²) in [6.07, 6.45) is 7.33. The lowest BCUT2D eigenvalue weighted by Crippen LogP contribution is -2.22. The highest BCUT2D eigenvalue weighted by Crippen LogP contribution is 2.63. The molecule has 26 heavy (non-hydrogen) atoms. The average molecular weight is 372 g/mol. The van der Waals surface area contributed by atoms with E-state index in [-0.39, 0.29) is 11.0 Å². The van der Waals surface area contributed by atoms with Gasteiger partial charge in [0.15, 0.2) is 9.84 Å². The van der Waals surface area contributed by atoms with Gasteiger partial charge in [-0.05, 0) is 48.9 Å². The fourth-order valence-corrected chi connectivity index (χ4v) is 5.45. The zero-order valence-electron chi connectivity index (χ0n) is 15.3. The number of rotatable bonds is 4. The van der Waals surface area contributed by atoms with Gasteiger partial charge >= 0.3 is 0 Å². The van der Waals surface area contributed by atoms with E-state index in [9.17, 15) is 13.2 Å². The maximum Gasteiger partial charge on any atom is 0.251 e. The minimum Gasteiger partial charge on any atom is -0.325 e. The molecule has 1 aromatic heterocycles. The highest BCUT2D eigenvalue weighted by Gasteiger charge is 2.60. The first-order valence-corrected chi connectivity index (χ1v) is 11.2. The average Bonchev–Trinajstić information content (AvgIpc) is 3.12. The Morgan fingerprint density at radius 1 is 1.04 bits per heavy atom. The van der Waals surface area contributed by atoms with Gasteiger partial charge in [-0.1, -0.05) is 43.9 Å². The summed E-state index contributed by atoms with van der Waals surface area (Å²) in [7, 11) is -3.21. The minimum atomic E-state index is -3.21. The molecule has 2 aromatic rings. The summed E-state index contributed by atoms with van der Waals surface area (Å²) in [6.45, 7) is 1.82. The number of aromatic nitrogens is 1. The van der Waals surface area contributed by atoms with Crippen LogP contribution in [0.5, 0.6) is 0 Å². The third-order valence-electron chi connectivity index (χ3n) is 6.37. The van der Waals surface area contributed by atoms with Crippen LogP contribution in [-0.4, -0.2) is 19.7 Å². The number of H-pyrrole nitrogens is 1. The molecular weight excluding hydrogens is 346 g/mol. The second-order valence-corrected chi connectivity index (χ2v) is 10.0. The lowest BCUT2D eigenvalue weighted by Gasteiger charge is -2.22. The normalized spacial score (nSPS) is 26.2. The Kier molecular flexibility index (Phi) is 4.10. The van der Waals surface area contributed by atoms with Crippen molar-refractivity contribution in [3.8, 4) is 0 Å². The molecule has 0 saturated heterocycles. The van der Waals surface area contributed by atoms with Crippen molar-refractivity contribution in [3.05, 3.63) is 63.6 Å². The first kappa shape index (κ1) is 17.5. The Bertz CT molecular complexity index is 985. The van der Waals surface area contributed by atoms with Crippen LogP contribution in [0.1, 0.15) is 48.9 Å². The third kappa shape index (κ3) is 2.82. The van der Waals surface area contributed by atoms with Gasteiger partial charge in [-0.2, -0.15) is 0 Å². The predicted molar refractivity (Wildman–Crippen MR) is 102 cm³/mol. The van der Waals surface area contributed by atoms with Crippen LogP contribution in [0.15, 0.2) is 46.1 Å². The van der Waals surface area contributed by atoms with Crippen LogP contribution in [0.3, 0.4) is 0 Å². The van der Waals surface area contributed by atoms with Crippen molar-refractivity contribution in [3.63, 3.8) is 0 Å². The fraction of sp³-hybridized carbons (Fsp3) is 0.476. The Morgan fingerprint density at radius 2 is 1.69 bits per heavy atom.